The van der Waals surface area contributed by atoms with Gasteiger partial charge in [0.05, 0.1) is 17.3 Å². The summed E-state index contributed by atoms with van der Waals surface area (Å²) < 4.78 is 4.86. The Morgan fingerprint density at radius 1 is 1.56 bits per heavy atom. The van der Waals surface area contributed by atoms with E-state index in [1.807, 2.05) is 6.92 Å². The smallest absolute Gasteiger partial charge is 0.244 e. The third-order valence-electron chi connectivity index (χ3n) is 2.33. The van der Waals surface area contributed by atoms with Crippen molar-refractivity contribution in [2.75, 3.05) is 19.0 Å². The number of hydrogen-bond acceptors (Lipinski definition) is 5. The number of rotatable bonds is 6. The van der Waals surface area contributed by atoms with Crippen LogP contribution in [0, 0.1) is 12.8 Å². The molecule has 0 radical (unpaired) electrons. The topological polar surface area (TPSA) is 77.2 Å². The predicted octanol–water partition coefficient (Wildman–Crippen LogP) is 1.56. The molecule has 102 valence electrons. The fourth-order valence-electron chi connectivity index (χ4n) is 1.55. The van der Waals surface area contributed by atoms with E-state index in [0.717, 1.165) is 22.1 Å². The molecule has 0 bridgehead atoms. The Kier molecular flexibility index (Phi) is 5.71. The Hall–Kier alpha value is -0.980. The minimum Gasteiger partial charge on any atom is -0.383 e. The van der Waals surface area contributed by atoms with Gasteiger partial charge in [-0.3, -0.25) is 4.79 Å². The zero-order valence-electron chi connectivity index (χ0n) is 11.3. The minimum absolute atomic E-state index is 0.211. The first kappa shape index (κ1) is 15.1. The van der Waals surface area contributed by atoms with Crippen molar-refractivity contribution >= 4 is 22.2 Å². The monoisotopic (exact) mass is 271 g/mol. The number of amides is 1. The molecule has 1 atom stereocenters. The summed E-state index contributed by atoms with van der Waals surface area (Å²) in [4.78, 5) is 16.3. The van der Waals surface area contributed by atoms with Crippen LogP contribution in [-0.2, 0) is 16.0 Å². The molecule has 0 aliphatic carbocycles. The second-order valence-electron chi connectivity index (χ2n) is 4.66. The lowest BCUT2D eigenvalue weighted by atomic mass is 10.1. The molecular weight excluding hydrogens is 250 g/mol. The predicted molar refractivity (Wildman–Crippen MR) is 73.9 cm³/mol. The van der Waals surface area contributed by atoms with E-state index in [-0.39, 0.29) is 12.5 Å². The first-order chi connectivity index (χ1) is 8.43. The van der Waals surface area contributed by atoms with Crippen molar-refractivity contribution in [1.82, 2.24) is 4.98 Å². The van der Waals surface area contributed by atoms with Gasteiger partial charge in [0.15, 0.2) is 0 Å². The number of carbonyl (C=O) groups is 1. The van der Waals surface area contributed by atoms with E-state index >= 15 is 0 Å². The Labute approximate surface area is 112 Å². The maximum absolute atomic E-state index is 11.8. The zero-order valence-corrected chi connectivity index (χ0v) is 12.1. The standard InChI is InChI=1S/C12H21N3O2S/c1-7(2)5-10-12(18-8(3)14-10)15-11(16)9(13)6-17-4/h7,9H,5-6,13H2,1-4H3,(H,15,16). The Morgan fingerprint density at radius 3 is 2.78 bits per heavy atom. The average molecular weight is 271 g/mol. The van der Waals surface area contributed by atoms with Gasteiger partial charge in [-0.2, -0.15) is 0 Å². The number of aryl methyl sites for hydroxylation is 1. The Morgan fingerprint density at radius 2 is 2.22 bits per heavy atom. The summed E-state index contributed by atoms with van der Waals surface area (Å²) in [5, 5.41) is 4.58. The zero-order chi connectivity index (χ0) is 13.7. The van der Waals surface area contributed by atoms with Gasteiger partial charge in [0.2, 0.25) is 5.91 Å². The average Bonchev–Trinajstić information content (AvgIpc) is 2.58. The summed E-state index contributed by atoms with van der Waals surface area (Å²) in [5.41, 5.74) is 6.62. The summed E-state index contributed by atoms with van der Waals surface area (Å²) >= 11 is 1.48. The van der Waals surface area contributed by atoms with Crippen LogP contribution in [0.1, 0.15) is 24.5 Å². The van der Waals surface area contributed by atoms with Crippen LogP contribution in [0.2, 0.25) is 0 Å². The molecule has 18 heavy (non-hydrogen) atoms. The first-order valence-electron chi connectivity index (χ1n) is 5.95. The second kappa shape index (κ2) is 6.82. The molecule has 0 aliphatic heterocycles. The van der Waals surface area contributed by atoms with Gasteiger partial charge in [-0.25, -0.2) is 4.98 Å². The van der Waals surface area contributed by atoms with Crippen molar-refractivity contribution in [3.63, 3.8) is 0 Å². The van der Waals surface area contributed by atoms with Gasteiger partial charge in [0.1, 0.15) is 11.0 Å². The molecule has 3 N–H and O–H groups in total. The molecule has 0 spiro atoms. The fraction of sp³-hybridized carbons (Fsp3) is 0.667. The molecule has 1 rings (SSSR count). The minimum atomic E-state index is -0.649. The SMILES string of the molecule is COCC(N)C(=O)Nc1sc(C)nc1CC(C)C. The van der Waals surface area contributed by atoms with E-state index in [1.165, 1.54) is 18.4 Å². The number of anilines is 1. The molecule has 1 amide bonds. The number of ether oxygens (including phenoxy) is 1. The molecule has 1 heterocycles. The van der Waals surface area contributed by atoms with Gasteiger partial charge < -0.3 is 15.8 Å². The number of aromatic nitrogens is 1. The van der Waals surface area contributed by atoms with Gasteiger partial charge in [-0.1, -0.05) is 13.8 Å². The van der Waals surface area contributed by atoms with E-state index < -0.39 is 6.04 Å². The second-order valence-corrected chi connectivity index (χ2v) is 5.86. The Bertz CT molecular complexity index is 404. The maximum Gasteiger partial charge on any atom is 0.244 e. The molecule has 0 fully saturated rings. The van der Waals surface area contributed by atoms with Crippen LogP contribution in [0.25, 0.3) is 0 Å². The molecule has 0 aromatic carbocycles. The molecule has 0 saturated heterocycles. The normalized spacial score (nSPS) is 12.8. The van der Waals surface area contributed by atoms with Crippen molar-refractivity contribution < 1.29 is 9.53 Å². The fourth-order valence-corrected chi connectivity index (χ4v) is 2.40. The van der Waals surface area contributed by atoms with Gasteiger partial charge in [-0.15, -0.1) is 11.3 Å². The van der Waals surface area contributed by atoms with Crippen molar-refractivity contribution in [2.24, 2.45) is 11.7 Å². The van der Waals surface area contributed by atoms with Crippen LogP contribution in [0.15, 0.2) is 0 Å². The van der Waals surface area contributed by atoms with Crippen LogP contribution in [0.3, 0.4) is 0 Å². The molecule has 6 heteroatoms. The van der Waals surface area contributed by atoms with Crippen LogP contribution < -0.4 is 11.1 Å². The third-order valence-corrected chi connectivity index (χ3v) is 3.25. The number of thiazole rings is 1. The summed E-state index contributed by atoms with van der Waals surface area (Å²) in [5.74, 6) is 0.264. The highest BCUT2D eigenvalue weighted by Gasteiger charge is 2.17. The molecule has 1 unspecified atom stereocenters. The summed E-state index contributed by atoms with van der Waals surface area (Å²) in [6, 6.07) is -0.649. The van der Waals surface area contributed by atoms with Crippen molar-refractivity contribution in [2.45, 2.75) is 33.2 Å². The maximum atomic E-state index is 11.8. The number of nitrogens with two attached hydrogens (primary N) is 1. The van der Waals surface area contributed by atoms with Gasteiger partial charge in [-0.05, 0) is 19.3 Å². The molecule has 0 aliphatic rings. The van der Waals surface area contributed by atoms with Crippen LogP contribution in [0.4, 0.5) is 5.00 Å². The quantitative estimate of drug-likeness (QED) is 0.823. The first-order valence-corrected chi connectivity index (χ1v) is 6.77. The summed E-state index contributed by atoms with van der Waals surface area (Å²) in [7, 11) is 1.52. The number of carbonyl (C=O) groups excluding carboxylic acids is 1. The van der Waals surface area contributed by atoms with Crippen molar-refractivity contribution in [1.29, 1.82) is 0 Å². The number of hydrogen-bond donors (Lipinski definition) is 2. The largest absolute Gasteiger partial charge is 0.383 e. The van der Waals surface area contributed by atoms with Crippen LogP contribution in [0.5, 0.6) is 0 Å². The van der Waals surface area contributed by atoms with Gasteiger partial charge in [0.25, 0.3) is 0 Å². The van der Waals surface area contributed by atoms with E-state index in [9.17, 15) is 4.79 Å². The summed E-state index contributed by atoms with van der Waals surface area (Å²) in [6.07, 6.45) is 0.847. The van der Waals surface area contributed by atoms with Crippen LogP contribution in [-0.4, -0.2) is 30.6 Å². The Balaban J connectivity index is 2.74. The highest BCUT2D eigenvalue weighted by atomic mass is 32.1. The molecular formula is C12H21N3O2S. The molecule has 0 saturated carbocycles. The molecule has 1 aromatic rings. The van der Waals surface area contributed by atoms with E-state index in [4.69, 9.17) is 10.5 Å². The highest BCUT2D eigenvalue weighted by molar-refractivity contribution is 7.16. The molecule has 5 nitrogen and oxygen atoms in total. The highest BCUT2D eigenvalue weighted by Crippen LogP contribution is 2.26. The number of methoxy groups -OCH3 is 1. The third kappa shape index (κ3) is 4.36. The number of nitrogens with zero attached hydrogens (tertiary/aromatic N) is 1. The van der Waals surface area contributed by atoms with Crippen LogP contribution >= 0.6 is 11.3 Å². The van der Waals surface area contributed by atoms with Gasteiger partial charge in [0, 0.05) is 7.11 Å². The van der Waals surface area contributed by atoms with E-state index in [2.05, 4.69) is 24.1 Å². The lowest BCUT2D eigenvalue weighted by Crippen LogP contribution is -2.39. The summed E-state index contributed by atoms with van der Waals surface area (Å²) in [6.45, 7) is 6.39. The lowest BCUT2D eigenvalue weighted by molar-refractivity contribution is -0.118. The van der Waals surface area contributed by atoms with Crippen molar-refractivity contribution in [3.8, 4) is 0 Å². The lowest BCUT2D eigenvalue weighted by Gasteiger charge is -2.11. The van der Waals surface area contributed by atoms with Crippen molar-refractivity contribution in [3.05, 3.63) is 10.7 Å². The van der Waals surface area contributed by atoms with E-state index in [0.29, 0.717) is 5.92 Å². The van der Waals surface area contributed by atoms with Gasteiger partial charge >= 0.3 is 0 Å². The molecule has 1 aromatic heterocycles. The van der Waals surface area contributed by atoms with E-state index in [1.54, 1.807) is 0 Å². The number of nitrogens with one attached hydrogen (secondary N) is 1.